The van der Waals surface area contributed by atoms with Crippen molar-refractivity contribution in [2.45, 2.75) is 32.5 Å². The van der Waals surface area contributed by atoms with Gasteiger partial charge in [0.25, 0.3) is 5.91 Å². The number of aryl methyl sites for hydroxylation is 1. The summed E-state index contributed by atoms with van der Waals surface area (Å²) in [5.41, 5.74) is 10.2. The molecule has 1 aromatic carbocycles. The van der Waals surface area contributed by atoms with Gasteiger partial charge in [0, 0.05) is 14.1 Å². The number of aliphatic imine (C=N–C) groups is 1. The van der Waals surface area contributed by atoms with Crippen molar-refractivity contribution in [3.63, 3.8) is 0 Å². The predicted octanol–water partition coefficient (Wildman–Crippen LogP) is 1.59. The molecule has 2 aromatic rings. The summed E-state index contributed by atoms with van der Waals surface area (Å²) < 4.78 is 45.4. The molecule has 6 N–H and O–H groups in total. The van der Waals surface area contributed by atoms with Crippen molar-refractivity contribution in [2.75, 3.05) is 14.1 Å². The van der Waals surface area contributed by atoms with Crippen LogP contribution in [-0.4, -0.2) is 41.7 Å². The second-order valence-corrected chi connectivity index (χ2v) is 7.10. The fourth-order valence-electron chi connectivity index (χ4n) is 2.81. The number of rotatable bonds is 5. The highest BCUT2D eigenvalue weighted by atomic mass is 19.4. The molecule has 1 amide bonds. The minimum atomic E-state index is -4.85. The molecule has 11 heteroatoms. The van der Waals surface area contributed by atoms with Crippen molar-refractivity contribution in [1.82, 2.24) is 4.90 Å². The number of benzene rings is 1. The number of halogens is 3. The maximum atomic E-state index is 13.3. The van der Waals surface area contributed by atoms with Gasteiger partial charge in [-0.2, -0.15) is 13.2 Å². The number of phenolic OH excluding ortho intramolecular Hbond substituents is 1. The molecule has 0 spiro atoms. The third-order valence-corrected chi connectivity index (χ3v) is 4.43. The Morgan fingerprint density at radius 2 is 1.97 bits per heavy atom. The van der Waals surface area contributed by atoms with Crippen molar-refractivity contribution >= 4 is 23.3 Å². The molecule has 1 atom stereocenters. The van der Waals surface area contributed by atoms with Gasteiger partial charge in [-0.05, 0) is 37.1 Å². The average molecular weight is 440 g/mol. The van der Waals surface area contributed by atoms with E-state index in [4.69, 9.17) is 15.9 Å². The summed E-state index contributed by atoms with van der Waals surface area (Å²) in [7, 11) is 2.53. The topological polar surface area (TPSA) is 132 Å². The Hall–Kier alpha value is -3.50. The highest BCUT2D eigenvalue weighted by Crippen LogP contribution is 2.40. The Morgan fingerprint density at radius 3 is 2.45 bits per heavy atom. The van der Waals surface area contributed by atoms with Crippen LogP contribution in [0.1, 0.15) is 46.6 Å². The third-order valence-electron chi connectivity index (χ3n) is 4.43. The van der Waals surface area contributed by atoms with Gasteiger partial charge in [-0.15, -0.1) is 0 Å². The smallest absolute Gasteiger partial charge is 0.417 e. The molecular formula is C20H25F3N5O3+. The lowest BCUT2D eigenvalue weighted by atomic mass is 10.0. The first kappa shape index (κ1) is 23.8. The highest BCUT2D eigenvalue weighted by molar-refractivity contribution is 6.37. The van der Waals surface area contributed by atoms with Crippen molar-refractivity contribution < 1.29 is 32.5 Å². The molecule has 0 unspecified atom stereocenters. The molecule has 0 bridgehead atoms. The van der Waals surface area contributed by atoms with Gasteiger partial charge in [0.2, 0.25) is 5.84 Å². The fraction of sp³-hybridized carbons (Fsp3) is 0.350. The first-order chi connectivity index (χ1) is 14.4. The van der Waals surface area contributed by atoms with Crippen LogP contribution in [0.4, 0.5) is 18.9 Å². The molecule has 0 saturated heterocycles. The van der Waals surface area contributed by atoms with E-state index in [1.165, 1.54) is 14.1 Å². The van der Waals surface area contributed by atoms with Crippen molar-refractivity contribution in [3.05, 3.63) is 46.9 Å². The number of amidine groups is 2. The molecule has 1 heterocycles. The second-order valence-electron chi connectivity index (χ2n) is 7.10. The minimum Gasteiger partial charge on any atom is -0.505 e. The van der Waals surface area contributed by atoms with Gasteiger partial charge >= 0.3 is 12.0 Å². The summed E-state index contributed by atoms with van der Waals surface area (Å²) in [6.45, 7) is 3.75. The summed E-state index contributed by atoms with van der Waals surface area (Å²) in [5.74, 6) is -1.71. The third kappa shape index (κ3) is 5.36. The SMILES string of the molecule is CC[C@@H]([NH+]=C(N)C(N)=Nc1ccc(C(F)(F)F)c(C(=O)N(C)C)c1O)c1cc(C)co1. The summed E-state index contributed by atoms with van der Waals surface area (Å²) in [5, 5.41) is 10.4. The normalized spacial score (nSPS) is 13.9. The number of nitrogens with one attached hydrogen (secondary N) is 1. The van der Waals surface area contributed by atoms with Crippen LogP contribution in [0, 0.1) is 6.92 Å². The van der Waals surface area contributed by atoms with Gasteiger partial charge in [-0.1, -0.05) is 6.92 Å². The van der Waals surface area contributed by atoms with Gasteiger partial charge in [0.05, 0.1) is 17.4 Å². The van der Waals surface area contributed by atoms with Gasteiger partial charge < -0.3 is 20.2 Å². The van der Waals surface area contributed by atoms with E-state index in [2.05, 4.69) is 9.98 Å². The summed E-state index contributed by atoms with van der Waals surface area (Å²) >= 11 is 0. The quantitative estimate of drug-likeness (QED) is 0.414. The van der Waals surface area contributed by atoms with Gasteiger partial charge in [-0.3, -0.25) is 15.5 Å². The monoisotopic (exact) mass is 440 g/mol. The van der Waals surface area contributed by atoms with Gasteiger partial charge in [-0.25, -0.2) is 4.99 Å². The minimum absolute atomic E-state index is 0.0688. The molecule has 0 saturated carbocycles. The molecule has 0 aliphatic carbocycles. The Bertz CT molecular complexity index is 1030. The van der Waals surface area contributed by atoms with Crippen LogP contribution in [0.3, 0.4) is 0 Å². The van der Waals surface area contributed by atoms with Crippen molar-refractivity contribution in [3.8, 4) is 5.75 Å². The standard InChI is InChI=1S/C20H24F3N5O3/c1-5-12(14-8-10(2)9-31-14)26-17(24)18(25)27-13-7-6-11(20(21,22)23)15(16(13)29)19(30)28(3)4/h6-9,12,29H,5H2,1-4H3,(H2,24,26)(H2,25,27)/p+1/t12-/m1/s1. The van der Waals surface area contributed by atoms with E-state index in [9.17, 15) is 23.1 Å². The molecule has 0 radical (unpaired) electrons. The molecular weight excluding hydrogens is 415 g/mol. The van der Waals surface area contributed by atoms with E-state index < -0.39 is 29.0 Å². The molecule has 0 aliphatic heterocycles. The van der Waals surface area contributed by atoms with Crippen LogP contribution in [0.25, 0.3) is 0 Å². The number of aromatic hydroxyl groups is 1. The van der Waals surface area contributed by atoms with Crippen LogP contribution in [-0.2, 0) is 6.18 Å². The maximum absolute atomic E-state index is 13.3. The number of carbonyl (C=O) groups is 1. The Morgan fingerprint density at radius 1 is 1.32 bits per heavy atom. The molecule has 168 valence electrons. The molecule has 1 aromatic heterocycles. The van der Waals surface area contributed by atoms with Gasteiger partial charge in [0.15, 0.2) is 11.8 Å². The number of alkyl halides is 3. The predicted molar refractivity (Wildman–Crippen MR) is 109 cm³/mol. The number of nitrogens with zero attached hydrogens (tertiary/aromatic N) is 2. The molecule has 0 fully saturated rings. The van der Waals surface area contributed by atoms with E-state index in [1.807, 2.05) is 19.9 Å². The largest absolute Gasteiger partial charge is 0.505 e. The first-order valence-electron chi connectivity index (χ1n) is 9.30. The van der Waals surface area contributed by atoms with Gasteiger partial charge in [0.1, 0.15) is 11.4 Å². The lowest BCUT2D eigenvalue weighted by Gasteiger charge is -2.18. The zero-order chi connectivity index (χ0) is 23.5. The maximum Gasteiger partial charge on any atom is 0.417 e. The van der Waals surface area contributed by atoms with Crippen molar-refractivity contribution in [2.24, 2.45) is 16.5 Å². The summed E-state index contributed by atoms with van der Waals surface area (Å²) in [4.78, 5) is 20.1. The number of furan rings is 1. The Kier molecular flexibility index (Phi) is 6.98. The highest BCUT2D eigenvalue weighted by Gasteiger charge is 2.38. The first-order valence-corrected chi connectivity index (χ1v) is 9.30. The van der Waals surface area contributed by atoms with Crippen LogP contribution in [0.2, 0.25) is 0 Å². The van der Waals surface area contributed by atoms with E-state index in [0.29, 0.717) is 18.2 Å². The van der Waals surface area contributed by atoms with Crippen molar-refractivity contribution in [1.29, 1.82) is 0 Å². The number of hydrogen-bond donors (Lipinski definition) is 4. The van der Waals surface area contributed by atoms with E-state index in [0.717, 1.165) is 16.5 Å². The van der Waals surface area contributed by atoms with Crippen LogP contribution < -0.4 is 16.5 Å². The van der Waals surface area contributed by atoms with E-state index in [1.54, 1.807) is 6.26 Å². The lowest BCUT2D eigenvalue weighted by molar-refractivity contribution is -0.512. The van der Waals surface area contributed by atoms with E-state index in [-0.39, 0.29) is 23.4 Å². The Balaban J connectivity index is 2.50. The fourth-order valence-corrected chi connectivity index (χ4v) is 2.81. The average Bonchev–Trinajstić information content (AvgIpc) is 3.11. The van der Waals surface area contributed by atoms with Crippen LogP contribution >= 0.6 is 0 Å². The molecule has 31 heavy (non-hydrogen) atoms. The second kappa shape index (κ2) is 9.11. The molecule has 2 rings (SSSR count). The number of hydrogen-bond acceptors (Lipinski definition) is 4. The molecule has 0 aliphatic rings. The number of amides is 1. The summed E-state index contributed by atoms with van der Waals surface area (Å²) in [6, 6.07) is 3.07. The van der Waals surface area contributed by atoms with Crippen LogP contribution in [0.15, 0.2) is 33.9 Å². The van der Waals surface area contributed by atoms with Crippen LogP contribution in [0.5, 0.6) is 5.75 Å². The lowest BCUT2D eigenvalue weighted by Crippen LogP contribution is -2.79. The molecule has 8 nitrogen and oxygen atoms in total. The summed E-state index contributed by atoms with van der Waals surface area (Å²) in [6.07, 6.45) is -2.68. The number of phenols is 1. The Labute approximate surface area is 177 Å². The zero-order valence-corrected chi connectivity index (χ0v) is 17.5. The van der Waals surface area contributed by atoms with E-state index >= 15 is 0 Å². The zero-order valence-electron chi connectivity index (χ0n) is 17.5. The number of nitrogens with two attached hydrogens (primary N) is 2. The number of carbonyl (C=O) groups excluding carboxylic acids is 1.